The molecule has 7 nitrogen and oxygen atoms in total. The Bertz CT molecular complexity index is 1100. The van der Waals surface area contributed by atoms with Crippen molar-refractivity contribution in [2.24, 2.45) is 0 Å². The molecule has 1 saturated heterocycles. The third-order valence-corrected chi connectivity index (χ3v) is 5.38. The maximum Gasteiger partial charge on any atom is 0.344 e. The minimum Gasteiger partial charge on any atom is -0.493 e. The first kappa shape index (κ1) is 20.0. The summed E-state index contributed by atoms with van der Waals surface area (Å²) >= 11 is 0. The molecule has 3 aromatic rings. The third-order valence-electron chi connectivity index (χ3n) is 5.38. The van der Waals surface area contributed by atoms with Crippen molar-refractivity contribution in [3.05, 3.63) is 59.0 Å². The summed E-state index contributed by atoms with van der Waals surface area (Å²) in [5, 5.41) is 10.1. The molecule has 0 radical (unpaired) electrons. The van der Waals surface area contributed by atoms with Gasteiger partial charge in [-0.1, -0.05) is 24.3 Å². The zero-order chi connectivity index (χ0) is 21.1. The number of rotatable bonds is 6. The second kappa shape index (κ2) is 8.59. The maximum atomic E-state index is 12.5. The van der Waals surface area contributed by atoms with Gasteiger partial charge in [0.15, 0.2) is 17.9 Å². The molecule has 0 aliphatic carbocycles. The van der Waals surface area contributed by atoms with E-state index in [1.807, 2.05) is 12.1 Å². The van der Waals surface area contributed by atoms with E-state index in [4.69, 9.17) is 13.9 Å². The number of likely N-dealkylation sites (tertiary alicyclic amines) is 1. The zero-order valence-corrected chi connectivity index (χ0v) is 16.7. The number of methoxy groups -OCH3 is 1. The topological polar surface area (TPSA) is 89.2 Å². The Morgan fingerprint density at radius 3 is 2.77 bits per heavy atom. The monoisotopic (exact) mass is 409 g/mol. The Kier molecular flexibility index (Phi) is 5.72. The molecule has 0 spiro atoms. The molecule has 1 unspecified atom stereocenters. The van der Waals surface area contributed by atoms with Crippen LogP contribution in [0.15, 0.2) is 57.7 Å². The summed E-state index contributed by atoms with van der Waals surface area (Å²) in [6.07, 6.45) is 1.71. The predicted octanol–water partition coefficient (Wildman–Crippen LogP) is 2.83. The van der Waals surface area contributed by atoms with E-state index in [9.17, 15) is 14.7 Å². The van der Waals surface area contributed by atoms with Crippen molar-refractivity contribution in [1.29, 1.82) is 0 Å². The lowest BCUT2D eigenvalue weighted by atomic mass is 10.1. The lowest BCUT2D eigenvalue weighted by Crippen LogP contribution is -2.40. The quantitative estimate of drug-likeness (QED) is 0.630. The smallest absolute Gasteiger partial charge is 0.344 e. The van der Waals surface area contributed by atoms with Crippen LogP contribution < -0.4 is 15.1 Å². The lowest BCUT2D eigenvalue weighted by Gasteiger charge is -2.22. The Balaban J connectivity index is 1.49. The van der Waals surface area contributed by atoms with Gasteiger partial charge in [-0.3, -0.25) is 4.79 Å². The van der Waals surface area contributed by atoms with Crippen LogP contribution in [0, 0.1) is 0 Å². The van der Waals surface area contributed by atoms with Crippen LogP contribution >= 0.6 is 0 Å². The van der Waals surface area contributed by atoms with Crippen molar-refractivity contribution in [2.45, 2.75) is 18.9 Å². The Morgan fingerprint density at radius 2 is 2.03 bits per heavy atom. The van der Waals surface area contributed by atoms with E-state index in [0.29, 0.717) is 34.8 Å². The highest BCUT2D eigenvalue weighted by Crippen LogP contribution is 2.28. The molecule has 1 aliphatic heterocycles. The van der Waals surface area contributed by atoms with Crippen LogP contribution in [0.2, 0.25) is 0 Å². The van der Waals surface area contributed by atoms with Crippen LogP contribution in [0.5, 0.6) is 11.5 Å². The van der Waals surface area contributed by atoms with Crippen molar-refractivity contribution in [3.8, 4) is 22.6 Å². The van der Waals surface area contributed by atoms with Gasteiger partial charge in [0.05, 0.1) is 25.3 Å². The second-order valence-corrected chi connectivity index (χ2v) is 7.20. The number of hydrogen-bond acceptors (Lipinski definition) is 6. The van der Waals surface area contributed by atoms with Crippen molar-refractivity contribution in [1.82, 2.24) is 4.90 Å². The molecule has 0 saturated carbocycles. The van der Waals surface area contributed by atoms with Gasteiger partial charge in [-0.15, -0.1) is 0 Å². The molecule has 4 rings (SSSR count). The normalized spacial score (nSPS) is 16.1. The Morgan fingerprint density at radius 1 is 1.23 bits per heavy atom. The van der Waals surface area contributed by atoms with E-state index in [1.54, 1.807) is 41.3 Å². The summed E-state index contributed by atoms with van der Waals surface area (Å²) in [4.78, 5) is 26.5. The lowest BCUT2D eigenvalue weighted by molar-refractivity contribution is -0.134. The predicted molar refractivity (Wildman–Crippen MR) is 112 cm³/mol. The summed E-state index contributed by atoms with van der Waals surface area (Å²) in [7, 11) is 1.53. The van der Waals surface area contributed by atoms with Gasteiger partial charge in [0.2, 0.25) is 0 Å². The number of benzene rings is 2. The van der Waals surface area contributed by atoms with Gasteiger partial charge in [0, 0.05) is 11.9 Å². The standard InChI is InChI=1S/C23H23NO6/c1-28-20-6-2-4-16-12-19(23(27)30-22(16)20)15-7-9-18(10-8-15)29-14-21(26)24-11-3-5-17(24)13-25/h2,4,6-10,12,17,25H,3,5,11,13-14H2,1H3. The number of amides is 1. The summed E-state index contributed by atoms with van der Waals surface area (Å²) in [6, 6.07) is 14.0. The fourth-order valence-electron chi connectivity index (χ4n) is 3.79. The number of ether oxygens (including phenoxy) is 2. The fraction of sp³-hybridized carbons (Fsp3) is 0.304. The molecule has 1 N–H and O–H groups in total. The second-order valence-electron chi connectivity index (χ2n) is 7.20. The van der Waals surface area contributed by atoms with Crippen molar-refractivity contribution < 1.29 is 23.8 Å². The van der Waals surface area contributed by atoms with E-state index in [1.165, 1.54) is 7.11 Å². The van der Waals surface area contributed by atoms with Gasteiger partial charge in [0.1, 0.15) is 5.75 Å². The van der Waals surface area contributed by atoms with Gasteiger partial charge in [-0.25, -0.2) is 4.79 Å². The number of aliphatic hydroxyl groups excluding tert-OH is 1. The third kappa shape index (κ3) is 3.89. The van der Waals surface area contributed by atoms with Gasteiger partial charge in [-0.05, 0) is 42.7 Å². The summed E-state index contributed by atoms with van der Waals surface area (Å²) in [5.74, 6) is 0.893. The summed E-state index contributed by atoms with van der Waals surface area (Å²) in [5.41, 5.74) is 1.07. The van der Waals surface area contributed by atoms with Gasteiger partial charge >= 0.3 is 5.63 Å². The molecule has 156 valence electrons. The van der Waals surface area contributed by atoms with Gasteiger partial charge in [0.25, 0.3) is 5.91 Å². The molecular formula is C23H23NO6. The minimum absolute atomic E-state index is 0.0271. The van der Waals surface area contributed by atoms with Crippen molar-refractivity contribution >= 4 is 16.9 Å². The SMILES string of the molecule is COc1cccc2cc(-c3ccc(OCC(=O)N4CCCC4CO)cc3)c(=O)oc12. The maximum absolute atomic E-state index is 12.5. The molecule has 1 aliphatic rings. The highest BCUT2D eigenvalue weighted by atomic mass is 16.5. The van der Waals surface area contributed by atoms with E-state index in [0.717, 1.165) is 18.2 Å². The number of hydrogen-bond donors (Lipinski definition) is 1. The Hall–Kier alpha value is -3.32. The van der Waals surface area contributed by atoms with E-state index in [-0.39, 0.29) is 25.2 Å². The number of carbonyl (C=O) groups excluding carboxylic acids is 1. The molecule has 1 fully saturated rings. The fourth-order valence-corrected chi connectivity index (χ4v) is 3.79. The molecule has 1 aromatic heterocycles. The zero-order valence-electron chi connectivity index (χ0n) is 16.7. The van der Waals surface area contributed by atoms with E-state index < -0.39 is 5.63 Å². The molecule has 7 heteroatoms. The van der Waals surface area contributed by atoms with Gasteiger partial charge in [-0.2, -0.15) is 0 Å². The molecule has 30 heavy (non-hydrogen) atoms. The molecule has 2 heterocycles. The number of aliphatic hydroxyl groups is 1. The molecule has 0 bridgehead atoms. The van der Waals surface area contributed by atoms with Crippen LogP contribution in [-0.4, -0.2) is 48.8 Å². The highest BCUT2D eigenvalue weighted by Gasteiger charge is 2.28. The molecule has 2 aromatic carbocycles. The first-order valence-corrected chi connectivity index (χ1v) is 9.85. The van der Waals surface area contributed by atoms with Crippen molar-refractivity contribution in [3.63, 3.8) is 0 Å². The van der Waals surface area contributed by atoms with Crippen LogP contribution in [0.3, 0.4) is 0 Å². The summed E-state index contributed by atoms with van der Waals surface area (Å²) < 4.78 is 16.3. The molecular weight excluding hydrogens is 386 g/mol. The average molecular weight is 409 g/mol. The van der Waals surface area contributed by atoms with E-state index in [2.05, 4.69) is 0 Å². The van der Waals surface area contributed by atoms with Crippen LogP contribution in [-0.2, 0) is 4.79 Å². The highest BCUT2D eigenvalue weighted by molar-refractivity contribution is 5.86. The van der Waals surface area contributed by atoms with Crippen LogP contribution in [0.4, 0.5) is 0 Å². The number of nitrogens with zero attached hydrogens (tertiary/aromatic N) is 1. The molecule has 1 amide bonds. The first-order chi connectivity index (χ1) is 14.6. The average Bonchev–Trinajstić information content (AvgIpc) is 3.26. The van der Waals surface area contributed by atoms with Crippen LogP contribution in [0.1, 0.15) is 12.8 Å². The van der Waals surface area contributed by atoms with Gasteiger partial charge < -0.3 is 23.9 Å². The minimum atomic E-state index is -0.458. The molecule has 1 atom stereocenters. The number of carbonyl (C=O) groups is 1. The van der Waals surface area contributed by atoms with Crippen molar-refractivity contribution in [2.75, 3.05) is 26.9 Å². The first-order valence-electron chi connectivity index (χ1n) is 9.85. The number of para-hydroxylation sites is 1. The Labute approximate surface area is 173 Å². The number of fused-ring (bicyclic) bond motifs is 1. The summed E-state index contributed by atoms with van der Waals surface area (Å²) in [6.45, 7) is 0.531. The largest absolute Gasteiger partial charge is 0.493 e. The van der Waals surface area contributed by atoms with E-state index >= 15 is 0 Å². The van der Waals surface area contributed by atoms with Crippen LogP contribution in [0.25, 0.3) is 22.1 Å².